The molecule has 0 bridgehead atoms. The van der Waals surface area contributed by atoms with Gasteiger partial charge in [0.25, 0.3) is 5.84 Å². The van der Waals surface area contributed by atoms with Crippen molar-refractivity contribution < 1.29 is 14.5 Å². The molecule has 2 aliphatic rings. The minimum Gasteiger partial charge on any atom is -0.317 e. The molecule has 0 aromatic rings. The summed E-state index contributed by atoms with van der Waals surface area (Å²) in [5, 5.41) is 19.2. The third-order valence-electron chi connectivity index (χ3n) is 4.31. The van der Waals surface area contributed by atoms with Gasteiger partial charge in [0.15, 0.2) is 10.8 Å². The van der Waals surface area contributed by atoms with Gasteiger partial charge < -0.3 is 9.47 Å². The Hall–Kier alpha value is -1.63. The van der Waals surface area contributed by atoms with Gasteiger partial charge in [-0.3, -0.25) is 5.73 Å². The Kier molecular flexibility index (Phi) is 2.45. The number of nitrogens with zero attached hydrogens (tertiary/aromatic N) is 2. The van der Waals surface area contributed by atoms with Gasteiger partial charge in [-0.05, 0) is 5.92 Å². The van der Waals surface area contributed by atoms with Crippen molar-refractivity contribution in [3.8, 4) is 12.1 Å². The third kappa shape index (κ3) is 0.902. The first-order valence-electron chi connectivity index (χ1n) is 5.78. The van der Waals surface area contributed by atoms with Gasteiger partial charge in [-0.2, -0.15) is 10.5 Å². The lowest BCUT2D eigenvalue weighted by Crippen LogP contribution is -2.90. The Morgan fingerprint density at radius 2 is 1.83 bits per heavy atom. The summed E-state index contributed by atoms with van der Waals surface area (Å²) < 4.78 is 10.7. The fourth-order valence-electron chi connectivity index (χ4n) is 3.68. The highest BCUT2D eigenvalue weighted by atomic mass is 16.7. The molecule has 1 saturated carbocycles. The van der Waals surface area contributed by atoms with E-state index in [9.17, 15) is 10.5 Å². The second kappa shape index (κ2) is 3.44. The number of rotatable bonds is 3. The molecule has 0 aromatic carbocycles. The molecule has 96 valence electrons. The van der Waals surface area contributed by atoms with Crippen molar-refractivity contribution in [3.05, 3.63) is 0 Å². The Balaban J connectivity index is 2.69. The van der Waals surface area contributed by atoms with Crippen LogP contribution in [0.3, 0.4) is 0 Å². The number of nitrogens with two attached hydrogens (primary N) is 1. The van der Waals surface area contributed by atoms with E-state index in [1.165, 1.54) is 14.2 Å². The van der Waals surface area contributed by atoms with Gasteiger partial charge in [0.2, 0.25) is 0 Å². The molecule has 0 aromatic heterocycles. The van der Waals surface area contributed by atoms with Crippen molar-refractivity contribution in [1.82, 2.24) is 0 Å². The van der Waals surface area contributed by atoms with Crippen LogP contribution in [0.15, 0.2) is 0 Å². The lowest BCUT2D eigenvalue weighted by atomic mass is 9.93. The fourth-order valence-corrected chi connectivity index (χ4v) is 3.68. The van der Waals surface area contributed by atoms with Gasteiger partial charge in [0.1, 0.15) is 0 Å². The minimum absolute atomic E-state index is 0.120. The number of amidine groups is 1. The molecular formula is C12H17N4O2+. The van der Waals surface area contributed by atoms with Crippen LogP contribution in [0, 0.1) is 45.3 Å². The molecule has 0 amide bonds. The zero-order chi connectivity index (χ0) is 13.8. The van der Waals surface area contributed by atoms with E-state index in [2.05, 4.69) is 17.1 Å². The van der Waals surface area contributed by atoms with Crippen molar-refractivity contribution in [2.45, 2.75) is 19.8 Å². The van der Waals surface area contributed by atoms with Gasteiger partial charge >= 0.3 is 5.91 Å². The highest BCUT2D eigenvalue weighted by Crippen LogP contribution is 2.76. The van der Waals surface area contributed by atoms with Crippen molar-refractivity contribution in [2.75, 3.05) is 14.2 Å². The van der Waals surface area contributed by atoms with Gasteiger partial charge in [0.05, 0.1) is 12.1 Å². The number of hydrogen-bond acceptors (Lipinski definition) is 5. The number of ether oxygens (including phenoxy) is 2. The van der Waals surface area contributed by atoms with Gasteiger partial charge in [-0.25, -0.2) is 4.99 Å². The zero-order valence-corrected chi connectivity index (χ0v) is 10.9. The first kappa shape index (κ1) is 12.8. The quantitative estimate of drug-likeness (QED) is 0.604. The molecule has 6 heteroatoms. The van der Waals surface area contributed by atoms with Crippen molar-refractivity contribution in [1.29, 1.82) is 10.5 Å². The molecular weight excluding hydrogens is 232 g/mol. The average molecular weight is 249 g/mol. The molecule has 0 saturated heterocycles. The Bertz CT molecular complexity index is 497. The van der Waals surface area contributed by atoms with E-state index in [0.29, 0.717) is 0 Å². The van der Waals surface area contributed by atoms with Crippen LogP contribution < -0.4 is 10.7 Å². The van der Waals surface area contributed by atoms with Crippen LogP contribution in [0.2, 0.25) is 0 Å². The number of methoxy groups -OCH3 is 2. The second-order valence-electron chi connectivity index (χ2n) is 5.12. The number of fused-ring (bicyclic) bond motifs is 1. The Morgan fingerprint density at radius 3 is 2.11 bits per heavy atom. The van der Waals surface area contributed by atoms with Gasteiger partial charge in [-0.15, -0.1) is 0 Å². The smallest absolute Gasteiger partial charge is 0.317 e. The molecule has 2 rings (SSSR count). The monoisotopic (exact) mass is 249 g/mol. The molecule has 0 radical (unpaired) electrons. The molecule has 0 spiro atoms. The summed E-state index contributed by atoms with van der Waals surface area (Å²) in [5.41, 5.74) is 3.81. The van der Waals surface area contributed by atoms with E-state index >= 15 is 0 Å². The topological polar surface area (TPSA) is 106 Å². The van der Waals surface area contributed by atoms with Crippen molar-refractivity contribution in [3.63, 3.8) is 0 Å². The number of nitrogens with one attached hydrogen (secondary N) is 1. The average Bonchev–Trinajstić information content (AvgIpc) is 2.95. The SMILES string of the molecule is COC1(OC)[NH+]=C(N)[C@@]2(C#N)[C@@H](C(C)C)[C@@]12C#N. The standard InChI is InChI=1S/C12H16N4O2/c1-7(2)8-10(5-13)9(15)16-12(17-3,18-4)11(8,10)6-14/h7-8H,1-4H3,(H2,15,16)/p+1/t8-,10-,11-/m1/s1. The van der Waals surface area contributed by atoms with Crippen molar-refractivity contribution >= 4 is 5.84 Å². The van der Waals surface area contributed by atoms with E-state index in [4.69, 9.17) is 15.2 Å². The highest BCUT2D eigenvalue weighted by Gasteiger charge is 2.96. The first-order chi connectivity index (χ1) is 8.44. The third-order valence-corrected chi connectivity index (χ3v) is 4.31. The van der Waals surface area contributed by atoms with E-state index in [1.807, 2.05) is 13.8 Å². The largest absolute Gasteiger partial charge is 0.342 e. The molecule has 3 N–H and O–H groups in total. The molecule has 0 unspecified atom stereocenters. The van der Waals surface area contributed by atoms with Crippen LogP contribution in [0.5, 0.6) is 0 Å². The van der Waals surface area contributed by atoms with E-state index < -0.39 is 16.7 Å². The first-order valence-corrected chi connectivity index (χ1v) is 5.78. The lowest BCUT2D eigenvalue weighted by molar-refractivity contribution is -0.688. The van der Waals surface area contributed by atoms with E-state index in [-0.39, 0.29) is 17.7 Å². The molecule has 1 aliphatic carbocycles. The second-order valence-corrected chi connectivity index (χ2v) is 5.12. The molecule has 18 heavy (non-hydrogen) atoms. The van der Waals surface area contributed by atoms with Crippen molar-refractivity contribution in [2.24, 2.45) is 28.4 Å². The normalized spacial score (nSPS) is 39.7. The minimum atomic E-state index is -1.35. The summed E-state index contributed by atoms with van der Waals surface area (Å²) in [6.45, 7) is 3.93. The zero-order valence-electron chi connectivity index (χ0n) is 10.9. The molecule has 1 heterocycles. The van der Waals surface area contributed by atoms with Crippen LogP contribution in [-0.4, -0.2) is 26.0 Å². The molecule has 1 fully saturated rings. The van der Waals surface area contributed by atoms with Crippen LogP contribution in [-0.2, 0) is 9.47 Å². The van der Waals surface area contributed by atoms with E-state index in [1.54, 1.807) is 0 Å². The van der Waals surface area contributed by atoms with Crippen LogP contribution >= 0.6 is 0 Å². The van der Waals surface area contributed by atoms with Crippen LogP contribution in [0.25, 0.3) is 0 Å². The predicted molar refractivity (Wildman–Crippen MR) is 61.3 cm³/mol. The van der Waals surface area contributed by atoms with Crippen LogP contribution in [0.4, 0.5) is 0 Å². The molecule has 1 aliphatic heterocycles. The van der Waals surface area contributed by atoms with Gasteiger partial charge in [0, 0.05) is 20.1 Å². The Morgan fingerprint density at radius 1 is 1.28 bits per heavy atom. The lowest BCUT2D eigenvalue weighted by Gasteiger charge is -2.27. The fraction of sp³-hybridized carbons (Fsp3) is 0.750. The van der Waals surface area contributed by atoms with Gasteiger partial charge in [-0.1, -0.05) is 13.8 Å². The molecule has 3 atom stereocenters. The summed E-state index contributed by atoms with van der Waals surface area (Å²) in [7, 11) is 2.87. The summed E-state index contributed by atoms with van der Waals surface area (Å²) in [5.74, 6) is -1.18. The maximum atomic E-state index is 9.63. The summed E-state index contributed by atoms with van der Waals surface area (Å²) in [4.78, 5) is 2.84. The Labute approximate surface area is 106 Å². The maximum Gasteiger partial charge on any atom is 0.342 e. The van der Waals surface area contributed by atoms with E-state index in [0.717, 1.165) is 0 Å². The summed E-state index contributed by atoms with van der Waals surface area (Å²) >= 11 is 0. The maximum absolute atomic E-state index is 9.63. The predicted octanol–water partition coefficient (Wildman–Crippen LogP) is -1.31. The summed E-state index contributed by atoms with van der Waals surface area (Å²) in [6.07, 6.45) is 0. The highest BCUT2D eigenvalue weighted by molar-refractivity contribution is 5.93. The number of nitriles is 2. The van der Waals surface area contributed by atoms with Crippen LogP contribution in [0.1, 0.15) is 13.8 Å². The summed E-state index contributed by atoms with van der Waals surface area (Å²) in [6, 6.07) is 4.43. The molecule has 6 nitrogen and oxygen atoms in total. The number of hydrogen-bond donors (Lipinski definition) is 2.